The lowest BCUT2D eigenvalue weighted by atomic mass is 10.1. The van der Waals surface area contributed by atoms with Gasteiger partial charge in [-0.2, -0.15) is 5.10 Å². The van der Waals surface area contributed by atoms with Crippen molar-refractivity contribution in [2.24, 2.45) is 5.73 Å². The fourth-order valence-corrected chi connectivity index (χ4v) is 2.67. The zero-order valence-electron chi connectivity index (χ0n) is 13.4. The van der Waals surface area contributed by atoms with Gasteiger partial charge in [0.1, 0.15) is 12.2 Å². The molecule has 0 aliphatic rings. The van der Waals surface area contributed by atoms with E-state index in [9.17, 15) is 9.59 Å². The summed E-state index contributed by atoms with van der Waals surface area (Å²) in [5.74, 6) is -0.863. The maximum absolute atomic E-state index is 12.0. The number of rotatable bonds is 5. The first kappa shape index (κ1) is 18.0. The summed E-state index contributed by atoms with van der Waals surface area (Å²) in [6.07, 6.45) is -0.423. The standard InChI is InChI=1S/C18H14Cl2N4O2/c19-13-7-6-12(8-14(13)20)24-17(22-18(26)10-16(21)25)9-15(23-24)11-4-2-1-3-5-11/h1-9H,10H2,(H2,21,25)(H,22,26). The topological polar surface area (TPSA) is 90.0 Å². The van der Waals surface area contributed by atoms with Crippen LogP contribution in [0, 0.1) is 0 Å². The van der Waals surface area contributed by atoms with Crippen molar-refractivity contribution in [3.05, 3.63) is 64.6 Å². The second kappa shape index (κ2) is 7.59. The van der Waals surface area contributed by atoms with Gasteiger partial charge in [0.25, 0.3) is 0 Å². The van der Waals surface area contributed by atoms with Gasteiger partial charge in [-0.15, -0.1) is 0 Å². The van der Waals surface area contributed by atoms with E-state index in [1.54, 1.807) is 24.3 Å². The number of nitrogens with zero attached hydrogens (tertiary/aromatic N) is 2. The van der Waals surface area contributed by atoms with E-state index >= 15 is 0 Å². The molecule has 6 nitrogen and oxygen atoms in total. The molecule has 26 heavy (non-hydrogen) atoms. The van der Waals surface area contributed by atoms with Crippen LogP contribution in [0.5, 0.6) is 0 Å². The van der Waals surface area contributed by atoms with Crippen LogP contribution < -0.4 is 11.1 Å². The predicted octanol–water partition coefficient (Wildman–Crippen LogP) is 3.66. The van der Waals surface area contributed by atoms with E-state index < -0.39 is 18.2 Å². The Morgan fingerprint density at radius 3 is 2.42 bits per heavy atom. The Bertz CT molecular complexity index is 971. The van der Waals surface area contributed by atoms with E-state index in [1.165, 1.54) is 4.68 Å². The summed E-state index contributed by atoms with van der Waals surface area (Å²) in [7, 11) is 0. The molecule has 0 unspecified atom stereocenters. The summed E-state index contributed by atoms with van der Waals surface area (Å²) in [5.41, 5.74) is 7.20. The summed E-state index contributed by atoms with van der Waals surface area (Å²) < 4.78 is 1.52. The fourth-order valence-electron chi connectivity index (χ4n) is 2.38. The predicted molar refractivity (Wildman–Crippen MR) is 101 cm³/mol. The Hall–Kier alpha value is -2.83. The third kappa shape index (κ3) is 4.04. The smallest absolute Gasteiger partial charge is 0.234 e. The third-order valence-electron chi connectivity index (χ3n) is 3.53. The molecule has 0 fully saturated rings. The lowest BCUT2D eigenvalue weighted by Crippen LogP contribution is -2.22. The van der Waals surface area contributed by atoms with Crippen LogP contribution in [-0.2, 0) is 9.59 Å². The minimum absolute atomic E-state index is 0.357. The van der Waals surface area contributed by atoms with E-state index in [0.29, 0.717) is 27.2 Å². The first-order chi connectivity index (χ1) is 12.4. The molecule has 0 aliphatic carbocycles. The molecular weight excluding hydrogens is 375 g/mol. The molecule has 0 atom stereocenters. The third-order valence-corrected chi connectivity index (χ3v) is 4.27. The van der Waals surface area contributed by atoms with Crippen LogP contribution in [0.2, 0.25) is 10.0 Å². The number of primary amides is 1. The van der Waals surface area contributed by atoms with Crippen molar-refractivity contribution in [3.63, 3.8) is 0 Å². The number of halogens is 2. The van der Waals surface area contributed by atoms with Crippen LogP contribution in [0.15, 0.2) is 54.6 Å². The minimum Gasteiger partial charge on any atom is -0.369 e. The van der Waals surface area contributed by atoms with Crippen molar-refractivity contribution in [2.45, 2.75) is 6.42 Å². The van der Waals surface area contributed by atoms with Crippen molar-refractivity contribution < 1.29 is 9.59 Å². The number of carbonyl (C=O) groups excluding carboxylic acids is 2. The number of anilines is 1. The van der Waals surface area contributed by atoms with Crippen molar-refractivity contribution in [2.75, 3.05) is 5.32 Å². The summed E-state index contributed by atoms with van der Waals surface area (Å²) in [6, 6.07) is 16.2. The first-order valence-electron chi connectivity index (χ1n) is 7.63. The molecule has 2 aromatic carbocycles. The van der Waals surface area contributed by atoms with Gasteiger partial charge in [0, 0.05) is 11.6 Å². The average molecular weight is 389 g/mol. The average Bonchev–Trinajstić information content (AvgIpc) is 3.01. The fraction of sp³-hybridized carbons (Fsp3) is 0.0556. The Morgan fingerprint density at radius 1 is 1.04 bits per heavy atom. The largest absolute Gasteiger partial charge is 0.369 e. The molecule has 1 heterocycles. The Balaban J connectivity index is 2.05. The summed E-state index contributed by atoms with van der Waals surface area (Å²) in [5, 5.41) is 7.95. The van der Waals surface area contributed by atoms with Gasteiger partial charge in [0.05, 0.1) is 21.4 Å². The molecule has 3 N–H and O–H groups in total. The number of benzene rings is 2. The van der Waals surface area contributed by atoms with Gasteiger partial charge in [-0.25, -0.2) is 4.68 Å². The van der Waals surface area contributed by atoms with Crippen LogP contribution in [0.3, 0.4) is 0 Å². The lowest BCUT2D eigenvalue weighted by Gasteiger charge is -2.09. The highest BCUT2D eigenvalue weighted by atomic mass is 35.5. The highest BCUT2D eigenvalue weighted by Gasteiger charge is 2.15. The minimum atomic E-state index is -0.716. The van der Waals surface area contributed by atoms with Gasteiger partial charge in [0.2, 0.25) is 11.8 Å². The van der Waals surface area contributed by atoms with Gasteiger partial charge in [0.15, 0.2) is 0 Å². The van der Waals surface area contributed by atoms with Crippen molar-refractivity contribution in [1.82, 2.24) is 9.78 Å². The quantitative estimate of drug-likeness (QED) is 0.653. The Morgan fingerprint density at radius 2 is 1.77 bits per heavy atom. The van der Waals surface area contributed by atoms with E-state index in [1.807, 2.05) is 30.3 Å². The van der Waals surface area contributed by atoms with E-state index in [-0.39, 0.29) is 0 Å². The number of aromatic nitrogens is 2. The normalized spacial score (nSPS) is 10.5. The van der Waals surface area contributed by atoms with Crippen LogP contribution in [-0.4, -0.2) is 21.6 Å². The molecule has 1 aromatic heterocycles. The van der Waals surface area contributed by atoms with E-state index in [2.05, 4.69) is 10.4 Å². The van der Waals surface area contributed by atoms with Crippen LogP contribution in [0.1, 0.15) is 6.42 Å². The molecule has 8 heteroatoms. The zero-order chi connectivity index (χ0) is 18.7. The molecule has 3 rings (SSSR count). The second-order valence-corrected chi connectivity index (χ2v) is 6.30. The summed E-state index contributed by atoms with van der Waals surface area (Å²) in [4.78, 5) is 22.9. The first-order valence-corrected chi connectivity index (χ1v) is 8.38. The van der Waals surface area contributed by atoms with Crippen molar-refractivity contribution in [3.8, 4) is 16.9 Å². The molecule has 0 saturated heterocycles. The number of nitrogens with one attached hydrogen (secondary N) is 1. The highest BCUT2D eigenvalue weighted by molar-refractivity contribution is 6.42. The number of hydrogen-bond donors (Lipinski definition) is 2. The second-order valence-electron chi connectivity index (χ2n) is 5.48. The molecule has 0 saturated carbocycles. The molecule has 3 aromatic rings. The number of amides is 2. The van der Waals surface area contributed by atoms with E-state index in [4.69, 9.17) is 28.9 Å². The Kier molecular flexibility index (Phi) is 5.25. The van der Waals surface area contributed by atoms with Gasteiger partial charge < -0.3 is 11.1 Å². The van der Waals surface area contributed by atoms with Crippen molar-refractivity contribution in [1.29, 1.82) is 0 Å². The molecule has 0 aliphatic heterocycles. The van der Waals surface area contributed by atoms with E-state index in [0.717, 1.165) is 5.56 Å². The number of hydrogen-bond acceptors (Lipinski definition) is 3. The molecule has 2 amide bonds. The SMILES string of the molecule is NC(=O)CC(=O)Nc1cc(-c2ccccc2)nn1-c1ccc(Cl)c(Cl)c1. The number of nitrogens with two attached hydrogens (primary N) is 1. The van der Waals surface area contributed by atoms with Crippen LogP contribution in [0.25, 0.3) is 16.9 Å². The van der Waals surface area contributed by atoms with Crippen molar-refractivity contribution >= 4 is 40.8 Å². The molecule has 0 bridgehead atoms. The monoisotopic (exact) mass is 388 g/mol. The van der Waals surface area contributed by atoms with Gasteiger partial charge in [-0.05, 0) is 18.2 Å². The van der Waals surface area contributed by atoms with Gasteiger partial charge >= 0.3 is 0 Å². The summed E-state index contributed by atoms with van der Waals surface area (Å²) >= 11 is 12.1. The molecule has 0 spiro atoms. The molecular formula is C18H14Cl2N4O2. The maximum atomic E-state index is 12.0. The zero-order valence-corrected chi connectivity index (χ0v) is 15.0. The van der Waals surface area contributed by atoms with Crippen LogP contribution in [0.4, 0.5) is 5.82 Å². The maximum Gasteiger partial charge on any atom is 0.234 e. The summed E-state index contributed by atoms with van der Waals surface area (Å²) in [6.45, 7) is 0. The molecule has 0 radical (unpaired) electrons. The highest BCUT2D eigenvalue weighted by Crippen LogP contribution is 2.28. The Labute approximate surface area is 159 Å². The van der Waals surface area contributed by atoms with Crippen LogP contribution >= 0.6 is 23.2 Å². The number of carbonyl (C=O) groups is 2. The lowest BCUT2D eigenvalue weighted by molar-refractivity contribution is -0.124. The van der Waals surface area contributed by atoms with Gasteiger partial charge in [-0.1, -0.05) is 53.5 Å². The molecule has 132 valence electrons. The van der Waals surface area contributed by atoms with Gasteiger partial charge in [-0.3, -0.25) is 9.59 Å².